The topological polar surface area (TPSA) is 59.7 Å². The molecule has 0 N–H and O–H groups in total. The van der Waals surface area contributed by atoms with Crippen molar-refractivity contribution in [3.63, 3.8) is 0 Å². The van der Waals surface area contributed by atoms with Crippen LogP contribution < -0.4 is 4.74 Å². The lowest BCUT2D eigenvalue weighted by atomic mass is 9.97. The van der Waals surface area contributed by atoms with E-state index in [4.69, 9.17) is 21.3 Å². The third-order valence-corrected chi connectivity index (χ3v) is 7.43. The maximum atomic E-state index is 13.7. The van der Waals surface area contributed by atoms with Gasteiger partial charge in [-0.25, -0.2) is 9.97 Å². The quantitative estimate of drug-likeness (QED) is 0.242. The second-order valence-electron chi connectivity index (χ2n) is 8.02. The van der Waals surface area contributed by atoms with E-state index in [9.17, 15) is 4.79 Å². The number of aromatic nitrogens is 3. The molecule has 4 rings (SSSR count). The lowest BCUT2D eigenvalue weighted by Gasteiger charge is -2.43. The Morgan fingerprint density at radius 1 is 1.32 bits per heavy atom. The summed E-state index contributed by atoms with van der Waals surface area (Å²) in [6.07, 6.45) is 7.67. The summed E-state index contributed by atoms with van der Waals surface area (Å²) in [6.45, 7) is 6.86. The minimum Gasteiger partial charge on any atom is -0.490 e. The van der Waals surface area contributed by atoms with E-state index < -0.39 is 0 Å². The highest BCUT2D eigenvalue weighted by atomic mass is 127. The Labute approximate surface area is 201 Å². The van der Waals surface area contributed by atoms with E-state index in [1.54, 1.807) is 6.07 Å². The number of carbonyl (C=O) groups is 1. The van der Waals surface area contributed by atoms with Crippen molar-refractivity contribution in [1.29, 1.82) is 0 Å². The Morgan fingerprint density at radius 2 is 2.13 bits per heavy atom. The number of amides is 1. The molecule has 0 aromatic carbocycles. The molecule has 0 aliphatic carbocycles. The molecule has 1 atom stereocenters. The van der Waals surface area contributed by atoms with Crippen LogP contribution in [0.15, 0.2) is 30.6 Å². The van der Waals surface area contributed by atoms with Crippen molar-refractivity contribution >= 4 is 45.7 Å². The first-order valence-corrected chi connectivity index (χ1v) is 12.0. The second kappa shape index (κ2) is 8.94. The summed E-state index contributed by atoms with van der Waals surface area (Å²) in [7, 11) is 0. The molecule has 1 aliphatic rings. The maximum absolute atomic E-state index is 13.7. The second-order valence-corrected chi connectivity index (χ2v) is 10.4. The van der Waals surface area contributed by atoms with Gasteiger partial charge in [-0.1, -0.05) is 40.3 Å². The van der Waals surface area contributed by atoms with Crippen molar-refractivity contribution in [2.45, 2.75) is 50.0 Å². The molecule has 31 heavy (non-hydrogen) atoms. The lowest BCUT2D eigenvalue weighted by Crippen LogP contribution is -2.52. The molecular weight excluding hydrogens is 527 g/mol. The van der Waals surface area contributed by atoms with Crippen molar-refractivity contribution in [3.8, 4) is 5.75 Å². The van der Waals surface area contributed by atoms with Gasteiger partial charge < -0.3 is 14.0 Å². The molecule has 1 saturated heterocycles. The number of piperidine rings is 1. The van der Waals surface area contributed by atoms with Crippen LogP contribution in [0.1, 0.15) is 53.6 Å². The number of likely N-dealkylation sites (tertiary alicyclic amines) is 1. The maximum Gasteiger partial charge on any atom is 0.277 e. The number of fused-ring (bicyclic) bond motifs is 1. The first-order valence-electron chi connectivity index (χ1n) is 10.6. The normalized spacial score (nSPS) is 19.1. The van der Waals surface area contributed by atoms with Gasteiger partial charge in [-0.05, 0) is 57.7 Å². The average molecular weight is 553 g/mol. The minimum atomic E-state index is -0.389. The molecule has 0 saturated carbocycles. The number of alkyl halides is 1. The fourth-order valence-electron chi connectivity index (χ4n) is 4.21. The van der Waals surface area contributed by atoms with Crippen molar-refractivity contribution in [2.24, 2.45) is 0 Å². The molecule has 3 aromatic rings. The van der Waals surface area contributed by atoms with E-state index in [1.807, 2.05) is 31.0 Å². The number of pyridine rings is 2. The number of imidazole rings is 1. The summed E-state index contributed by atoms with van der Waals surface area (Å²) >= 11 is 8.84. The average Bonchev–Trinajstić information content (AvgIpc) is 3.13. The van der Waals surface area contributed by atoms with Crippen LogP contribution in [-0.2, 0) is 6.42 Å². The number of hydrogen-bond donors (Lipinski definition) is 0. The van der Waals surface area contributed by atoms with Gasteiger partial charge >= 0.3 is 0 Å². The van der Waals surface area contributed by atoms with E-state index in [0.29, 0.717) is 41.7 Å². The summed E-state index contributed by atoms with van der Waals surface area (Å²) in [5.41, 5.74) is 4.05. The first-order chi connectivity index (χ1) is 14.8. The standard InChI is InChI=1S/C23H26ClIN4O2/c1-4-31-20-18(24)12-16(3)26-19(20)22(30)29-11-6-5-9-23(29,25)13-17-14-28-10-7-8-15(2)21(28)27-17/h7-8,10,12,14H,4-6,9,11,13H2,1-3H3/t23-/m1/s1. The third kappa shape index (κ3) is 4.39. The summed E-state index contributed by atoms with van der Waals surface area (Å²) < 4.78 is 7.38. The van der Waals surface area contributed by atoms with Gasteiger partial charge in [-0.3, -0.25) is 4.79 Å². The van der Waals surface area contributed by atoms with Crippen molar-refractivity contribution in [3.05, 3.63) is 58.3 Å². The van der Waals surface area contributed by atoms with Crippen molar-refractivity contribution in [1.82, 2.24) is 19.3 Å². The van der Waals surface area contributed by atoms with E-state index in [0.717, 1.165) is 36.2 Å². The van der Waals surface area contributed by atoms with Crippen molar-refractivity contribution in [2.75, 3.05) is 13.2 Å². The van der Waals surface area contributed by atoms with Gasteiger partial charge in [0, 0.05) is 31.1 Å². The highest BCUT2D eigenvalue weighted by Gasteiger charge is 2.41. The zero-order valence-corrected chi connectivity index (χ0v) is 20.9. The molecule has 0 spiro atoms. The van der Waals surface area contributed by atoms with E-state index in [2.05, 4.69) is 51.2 Å². The minimum absolute atomic E-state index is 0.136. The lowest BCUT2D eigenvalue weighted by molar-refractivity contribution is 0.0575. The Hall–Kier alpha value is -1.87. The van der Waals surface area contributed by atoms with E-state index in [1.165, 1.54) is 0 Å². The number of ether oxygens (including phenoxy) is 1. The van der Waals surface area contributed by atoms with Gasteiger partial charge in [0.25, 0.3) is 5.91 Å². The monoisotopic (exact) mass is 552 g/mol. The molecule has 164 valence electrons. The van der Waals surface area contributed by atoms with Crippen LogP contribution in [0.3, 0.4) is 0 Å². The van der Waals surface area contributed by atoms with Crippen LogP contribution >= 0.6 is 34.2 Å². The molecule has 0 bridgehead atoms. The van der Waals surface area contributed by atoms with Gasteiger partial charge in [-0.2, -0.15) is 0 Å². The third-order valence-electron chi connectivity index (χ3n) is 5.65. The molecule has 8 heteroatoms. The molecule has 0 unspecified atom stereocenters. The van der Waals surface area contributed by atoms with E-state index >= 15 is 0 Å². The largest absolute Gasteiger partial charge is 0.490 e. The Kier molecular flexibility index (Phi) is 6.44. The summed E-state index contributed by atoms with van der Waals surface area (Å²) in [5, 5.41) is 0.421. The molecule has 1 amide bonds. The number of hydrogen-bond acceptors (Lipinski definition) is 4. The number of rotatable bonds is 5. The van der Waals surface area contributed by atoms with E-state index in [-0.39, 0.29) is 9.45 Å². The van der Waals surface area contributed by atoms with Crippen LogP contribution in [-0.4, -0.2) is 41.9 Å². The van der Waals surface area contributed by atoms with Crippen molar-refractivity contribution < 1.29 is 9.53 Å². The molecule has 1 aliphatic heterocycles. The van der Waals surface area contributed by atoms with Gasteiger partial charge in [0.05, 0.1) is 17.3 Å². The highest BCUT2D eigenvalue weighted by Crippen LogP contribution is 2.40. The Morgan fingerprint density at radius 3 is 2.87 bits per heavy atom. The molecule has 3 aromatic heterocycles. The molecular formula is C23H26ClIN4O2. The predicted molar refractivity (Wildman–Crippen MR) is 130 cm³/mol. The zero-order chi connectivity index (χ0) is 22.2. The fraction of sp³-hybridized carbons (Fsp3) is 0.435. The van der Waals surface area contributed by atoms with Gasteiger partial charge in [0.1, 0.15) is 9.19 Å². The zero-order valence-electron chi connectivity index (χ0n) is 18.0. The Balaban J connectivity index is 1.69. The molecule has 0 radical (unpaired) electrons. The fourth-order valence-corrected chi connectivity index (χ4v) is 5.75. The summed E-state index contributed by atoms with van der Waals surface area (Å²) in [6, 6.07) is 5.81. The van der Waals surface area contributed by atoms with Gasteiger partial charge in [0.2, 0.25) is 0 Å². The molecule has 1 fully saturated rings. The number of nitrogens with zero attached hydrogens (tertiary/aromatic N) is 4. The predicted octanol–water partition coefficient (Wildman–Crippen LogP) is 5.40. The number of aryl methyl sites for hydroxylation is 2. The smallest absolute Gasteiger partial charge is 0.277 e. The molecule has 4 heterocycles. The SMILES string of the molecule is CCOc1c(Cl)cc(C)nc1C(=O)N1CCCC[C@]1(I)Cc1cn2cccc(C)c2n1. The van der Waals surface area contributed by atoms with Crippen LogP contribution in [0, 0.1) is 13.8 Å². The van der Waals surface area contributed by atoms with Crippen LogP contribution in [0.25, 0.3) is 5.65 Å². The van der Waals surface area contributed by atoms with Crippen LogP contribution in [0.2, 0.25) is 5.02 Å². The number of halogens is 2. The van der Waals surface area contributed by atoms with Crippen LogP contribution in [0.4, 0.5) is 0 Å². The molecule has 6 nitrogen and oxygen atoms in total. The highest BCUT2D eigenvalue weighted by molar-refractivity contribution is 14.1. The summed E-state index contributed by atoms with van der Waals surface area (Å²) in [4.78, 5) is 25.0. The van der Waals surface area contributed by atoms with Crippen LogP contribution in [0.5, 0.6) is 5.75 Å². The number of carbonyl (C=O) groups excluding carboxylic acids is 1. The Bertz CT molecular complexity index is 1130. The van der Waals surface area contributed by atoms with Gasteiger partial charge in [-0.15, -0.1) is 0 Å². The summed E-state index contributed by atoms with van der Waals surface area (Å²) in [5.74, 6) is 0.232. The van der Waals surface area contributed by atoms with Gasteiger partial charge in [0.15, 0.2) is 11.4 Å². The first kappa shape index (κ1) is 22.3.